The van der Waals surface area contributed by atoms with Gasteiger partial charge in [-0.15, -0.1) is 22.7 Å². The van der Waals surface area contributed by atoms with E-state index in [0.29, 0.717) is 5.75 Å². The van der Waals surface area contributed by atoms with Gasteiger partial charge in [-0.3, -0.25) is 9.20 Å². The van der Waals surface area contributed by atoms with Crippen molar-refractivity contribution in [3.05, 3.63) is 69.4 Å². The summed E-state index contributed by atoms with van der Waals surface area (Å²) in [6, 6.07) is 11.7. The molecule has 4 nitrogen and oxygen atoms in total. The molecular weight excluding hydrogens is 346 g/mol. The average molecular weight is 357 g/mol. The Morgan fingerprint density at radius 1 is 1.13 bits per heavy atom. The Morgan fingerprint density at radius 3 is 2.87 bits per heavy atom. The summed E-state index contributed by atoms with van der Waals surface area (Å²) in [5, 5.41) is 3.93. The Hall–Kier alpha value is -1.96. The van der Waals surface area contributed by atoms with Gasteiger partial charge in [-0.1, -0.05) is 42.1 Å². The number of hydrogen-bond donors (Lipinski definition) is 0. The molecule has 3 heterocycles. The monoisotopic (exact) mass is 357 g/mol. The molecule has 0 radical (unpaired) electrons. The summed E-state index contributed by atoms with van der Waals surface area (Å²) < 4.78 is 2.55. The molecule has 0 fully saturated rings. The number of aromatic nitrogens is 3. The fourth-order valence-electron chi connectivity index (χ4n) is 2.16. The summed E-state index contributed by atoms with van der Waals surface area (Å²) in [5.41, 5.74) is 2.86. The number of hydrogen-bond acceptors (Lipinski definition) is 6. The Balaban J connectivity index is 1.52. The Bertz CT molecular complexity index is 1000. The molecule has 0 aliphatic heterocycles. The Morgan fingerprint density at radius 2 is 2.00 bits per heavy atom. The summed E-state index contributed by atoms with van der Waals surface area (Å²) in [6.07, 6.45) is 1.75. The Kier molecular flexibility index (Phi) is 3.99. The molecule has 114 valence electrons. The first-order valence-electron chi connectivity index (χ1n) is 6.89. The van der Waals surface area contributed by atoms with Gasteiger partial charge in [-0.25, -0.2) is 9.97 Å². The van der Waals surface area contributed by atoms with Crippen LogP contribution in [0.5, 0.6) is 0 Å². The van der Waals surface area contributed by atoms with E-state index in [1.54, 1.807) is 39.8 Å². The third kappa shape index (κ3) is 3.08. The second-order valence-corrected chi connectivity index (χ2v) is 7.75. The van der Waals surface area contributed by atoms with Crippen LogP contribution >= 0.6 is 34.4 Å². The van der Waals surface area contributed by atoms with Crippen LogP contribution in [0, 0.1) is 0 Å². The summed E-state index contributed by atoms with van der Waals surface area (Å²) in [7, 11) is 0. The number of rotatable bonds is 4. The second kappa shape index (κ2) is 6.27. The van der Waals surface area contributed by atoms with Gasteiger partial charge in [0.2, 0.25) is 0 Å². The number of fused-ring (bicyclic) bond motifs is 1. The maximum Gasteiger partial charge on any atom is 0.258 e. The lowest BCUT2D eigenvalue weighted by Crippen LogP contribution is -2.12. The minimum Gasteiger partial charge on any atom is -0.269 e. The molecule has 0 aliphatic rings. The van der Waals surface area contributed by atoms with Gasteiger partial charge in [0.1, 0.15) is 0 Å². The summed E-state index contributed by atoms with van der Waals surface area (Å²) in [5.74, 6) is 0.644. The van der Waals surface area contributed by atoms with E-state index < -0.39 is 0 Å². The molecule has 0 unspecified atom stereocenters. The minimum atomic E-state index is -0.0315. The molecule has 0 atom stereocenters. The molecule has 0 saturated heterocycles. The van der Waals surface area contributed by atoms with Crippen molar-refractivity contribution in [3.63, 3.8) is 0 Å². The lowest BCUT2D eigenvalue weighted by molar-refractivity contribution is 1.04. The first-order valence-corrected chi connectivity index (χ1v) is 9.63. The van der Waals surface area contributed by atoms with Gasteiger partial charge in [-0.05, 0) is 0 Å². The third-order valence-corrected chi connectivity index (χ3v) is 6.06. The molecule has 0 saturated carbocycles. The van der Waals surface area contributed by atoms with Crippen LogP contribution in [0.15, 0.2) is 62.5 Å². The molecular formula is C16H11N3OS3. The highest BCUT2D eigenvalue weighted by atomic mass is 32.2. The number of nitrogens with zero attached hydrogens (tertiary/aromatic N) is 3. The van der Waals surface area contributed by atoms with Crippen LogP contribution in [0.4, 0.5) is 0 Å². The maximum atomic E-state index is 12.0. The van der Waals surface area contributed by atoms with Crippen LogP contribution in [0.3, 0.4) is 0 Å². The third-order valence-electron chi connectivity index (χ3n) is 3.25. The molecule has 0 spiro atoms. The van der Waals surface area contributed by atoms with E-state index >= 15 is 0 Å². The van der Waals surface area contributed by atoms with E-state index in [1.165, 1.54) is 11.3 Å². The predicted molar refractivity (Wildman–Crippen MR) is 96.5 cm³/mol. The topological polar surface area (TPSA) is 47.3 Å². The summed E-state index contributed by atoms with van der Waals surface area (Å²) in [4.78, 5) is 21.9. The van der Waals surface area contributed by atoms with Gasteiger partial charge in [0.15, 0.2) is 9.30 Å². The quantitative estimate of drug-likeness (QED) is 0.514. The number of thioether (sulfide) groups is 1. The van der Waals surface area contributed by atoms with Gasteiger partial charge in [0.25, 0.3) is 5.56 Å². The zero-order chi connectivity index (χ0) is 15.6. The number of benzene rings is 1. The van der Waals surface area contributed by atoms with Crippen molar-refractivity contribution >= 4 is 39.4 Å². The highest BCUT2D eigenvalue weighted by Crippen LogP contribution is 2.29. The highest BCUT2D eigenvalue weighted by molar-refractivity contribution is 8.00. The van der Waals surface area contributed by atoms with E-state index in [0.717, 1.165) is 26.3 Å². The van der Waals surface area contributed by atoms with Gasteiger partial charge in [0.05, 0.1) is 11.4 Å². The van der Waals surface area contributed by atoms with E-state index in [-0.39, 0.29) is 5.56 Å². The Labute approximate surface area is 144 Å². The van der Waals surface area contributed by atoms with Crippen LogP contribution < -0.4 is 5.56 Å². The molecule has 1 aromatic carbocycles. The maximum absolute atomic E-state index is 12.0. The molecule has 3 aromatic heterocycles. The highest BCUT2D eigenvalue weighted by Gasteiger charge is 2.07. The van der Waals surface area contributed by atoms with Gasteiger partial charge >= 0.3 is 0 Å². The smallest absolute Gasteiger partial charge is 0.258 e. The van der Waals surface area contributed by atoms with Crippen molar-refractivity contribution in [2.45, 2.75) is 10.1 Å². The van der Waals surface area contributed by atoms with Gasteiger partial charge in [0, 0.05) is 34.3 Å². The molecule has 7 heteroatoms. The number of thiazole rings is 2. The van der Waals surface area contributed by atoms with E-state index in [2.05, 4.69) is 27.5 Å². The largest absolute Gasteiger partial charge is 0.269 e. The van der Waals surface area contributed by atoms with Gasteiger partial charge in [-0.2, -0.15) is 0 Å². The summed E-state index contributed by atoms with van der Waals surface area (Å²) in [6.45, 7) is 0. The molecule has 0 aliphatic carbocycles. The van der Waals surface area contributed by atoms with Crippen molar-refractivity contribution in [2.75, 3.05) is 0 Å². The van der Waals surface area contributed by atoms with Gasteiger partial charge < -0.3 is 0 Å². The van der Waals surface area contributed by atoms with Crippen LogP contribution in [0.2, 0.25) is 0 Å². The minimum absolute atomic E-state index is 0.0315. The van der Waals surface area contributed by atoms with Crippen molar-refractivity contribution in [1.82, 2.24) is 14.4 Å². The van der Waals surface area contributed by atoms with E-state index in [9.17, 15) is 4.79 Å². The average Bonchev–Trinajstić information content (AvgIpc) is 3.23. The van der Waals surface area contributed by atoms with Crippen LogP contribution in [0.1, 0.15) is 5.69 Å². The first-order chi connectivity index (χ1) is 11.3. The van der Waals surface area contributed by atoms with E-state index in [1.807, 2.05) is 23.6 Å². The molecule has 0 N–H and O–H groups in total. The fourth-order valence-corrected chi connectivity index (χ4v) is 4.63. The molecule has 0 amide bonds. The van der Waals surface area contributed by atoms with Crippen molar-refractivity contribution in [1.29, 1.82) is 0 Å². The lowest BCUT2D eigenvalue weighted by Gasteiger charge is -1.99. The van der Waals surface area contributed by atoms with Crippen molar-refractivity contribution in [2.24, 2.45) is 0 Å². The molecule has 4 aromatic rings. The molecule has 4 rings (SSSR count). The fraction of sp³-hybridized carbons (Fsp3) is 0.0625. The van der Waals surface area contributed by atoms with Crippen molar-refractivity contribution in [3.8, 4) is 11.3 Å². The zero-order valence-corrected chi connectivity index (χ0v) is 14.3. The van der Waals surface area contributed by atoms with Crippen molar-refractivity contribution < 1.29 is 0 Å². The van der Waals surface area contributed by atoms with Crippen LogP contribution in [-0.4, -0.2) is 14.4 Å². The van der Waals surface area contributed by atoms with Crippen LogP contribution in [-0.2, 0) is 5.75 Å². The second-order valence-electron chi connectivity index (χ2n) is 4.79. The predicted octanol–water partition coefficient (Wildman–Crippen LogP) is 4.17. The molecule has 0 bridgehead atoms. The normalized spacial score (nSPS) is 11.1. The van der Waals surface area contributed by atoms with Crippen LogP contribution in [0.25, 0.3) is 16.2 Å². The lowest BCUT2D eigenvalue weighted by atomic mass is 10.2. The first kappa shape index (κ1) is 14.6. The summed E-state index contributed by atoms with van der Waals surface area (Å²) >= 11 is 4.70. The molecule has 23 heavy (non-hydrogen) atoms. The standard InChI is InChI=1S/C16H11N3OS3/c20-14-8-12(17-15-19(14)6-7-21-15)9-22-16-18-13(10-23-16)11-4-2-1-3-5-11/h1-8,10H,9H2. The van der Waals surface area contributed by atoms with E-state index in [4.69, 9.17) is 0 Å². The SMILES string of the molecule is O=c1cc(CSc2nc(-c3ccccc3)cs2)nc2sccn12. The zero-order valence-electron chi connectivity index (χ0n) is 11.9.